The quantitative estimate of drug-likeness (QED) is 0.696. The number of nitrogens with two attached hydrogens (primary N) is 1. The van der Waals surface area contributed by atoms with Crippen molar-refractivity contribution >= 4 is 0 Å². The summed E-state index contributed by atoms with van der Waals surface area (Å²) in [7, 11) is 0. The maximum Gasteiger partial charge on any atom is 0.00631 e. The van der Waals surface area contributed by atoms with Crippen LogP contribution in [0.15, 0.2) is 12.2 Å². The monoisotopic (exact) mass is 206 g/mol. The Morgan fingerprint density at radius 1 is 1.13 bits per heavy atom. The van der Waals surface area contributed by atoms with Crippen molar-refractivity contribution in [3.63, 3.8) is 0 Å². The molecule has 1 unspecified atom stereocenters. The third-order valence-electron chi connectivity index (χ3n) is 4.54. The van der Waals surface area contributed by atoms with Crippen LogP contribution in [-0.4, -0.2) is 30.6 Å². The molecule has 3 rings (SSSR count). The largest absolute Gasteiger partial charge is 0.328 e. The second kappa shape index (κ2) is 3.91. The van der Waals surface area contributed by atoms with E-state index in [1.807, 2.05) is 0 Å². The molecule has 0 spiro atoms. The number of rotatable bonds is 2. The average Bonchev–Trinajstić information content (AvgIpc) is 2.83. The fraction of sp³-hybridized carbons (Fsp3) is 0.846. The molecule has 15 heavy (non-hydrogen) atoms. The molecule has 0 aromatic carbocycles. The molecule has 1 saturated carbocycles. The maximum atomic E-state index is 5.93. The van der Waals surface area contributed by atoms with Crippen molar-refractivity contribution in [1.82, 2.24) is 4.90 Å². The molecule has 0 radical (unpaired) electrons. The van der Waals surface area contributed by atoms with Crippen molar-refractivity contribution in [2.24, 2.45) is 23.5 Å². The summed E-state index contributed by atoms with van der Waals surface area (Å²) in [5.74, 6) is 2.78. The van der Waals surface area contributed by atoms with Crippen LogP contribution in [0.2, 0.25) is 0 Å². The van der Waals surface area contributed by atoms with E-state index in [-0.39, 0.29) is 0 Å². The summed E-state index contributed by atoms with van der Waals surface area (Å²) in [6, 6.07) is 0.473. The molecular weight excluding hydrogens is 184 g/mol. The van der Waals surface area contributed by atoms with E-state index in [4.69, 9.17) is 5.73 Å². The van der Waals surface area contributed by atoms with Crippen LogP contribution in [0.4, 0.5) is 0 Å². The Labute approximate surface area is 92.5 Å². The summed E-state index contributed by atoms with van der Waals surface area (Å²) in [6.07, 6.45) is 10.2. The fourth-order valence-corrected chi connectivity index (χ4v) is 3.57. The molecule has 2 fully saturated rings. The number of piperidine rings is 1. The molecule has 2 bridgehead atoms. The first-order valence-electron chi connectivity index (χ1n) is 6.47. The Bertz CT molecular complexity index is 253. The summed E-state index contributed by atoms with van der Waals surface area (Å²) in [6.45, 7) is 3.80. The molecule has 84 valence electrons. The van der Waals surface area contributed by atoms with Gasteiger partial charge in [0.1, 0.15) is 0 Å². The zero-order valence-corrected chi connectivity index (χ0v) is 9.44. The first-order valence-corrected chi connectivity index (χ1v) is 6.47. The van der Waals surface area contributed by atoms with Crippen LogP contribution in [0.1, 0.15) is 25.7 Å². The molecule has 3 aliphatic rings. The smallest absolute Gasteiger partial charge is 0.00631 e. The van der Waals surface area contributed by atoms with Crippen molar-refractivity contribution in [2.45, 2.75) is 31.7 Å². The number of likely N-dealkylation sites (tertiary alicyclic amines) is 1. The average molecular weight is 206 g/mol. The number of nitrogens with zero attached hydrogens (tertiary/aromatic N) is 1. The molecule has 2 heteroatoms. The Morgan fingerprint density at radius 2 is 1.93 bits per heavy atom. The lowest BCUT2D eigenvalue weighted by Gasteiger charge is -2.33. The molecule has 1 saturated heterocycles. The van der Waals surface area contributed by atoms with Crippen LogP contribution in [0.25, 0.3) is 0 Å². The third kappa shape index (κ3) is 1.98. The minimum absolute atomic E-state index is 0.473. The summed E-state index contributed by atoms with van der Waals surface area (Å²) in [5.41, 5.74) is 5.93. The lowest BCUT2D eigenvalue weighted by atomic mass is 9.92. The summed E-state index contributed by atoms with van der Waals surface area (Å²) < 4.78 is 0. The van der Waals surface area contributed by atoms with Crippen LogP contribution in [0, 0.1) is 17.8 Å². The highest BCUT2D eigenvalue weighted by Gasteiger charge is 2.36. The Balaban J connectivity index is 1.51. The van der Waals surface area contributed by atoms with Gasteiger partial charge in [-0.05, 0) is 56.5 Å². The lowest BCUT2D eigenvalue weighted by Crippen LogP contribution is -2.42. The second-order valence-corrected chi connectivity index (χ2v) is 5.68. The van der Waals surface area contributed by atoms with Gasteiger partial charge < -0.3 is 10.6 Å². The van der Waals surface area contributed by atoms with Crippen molar-refractivity contribution in [3.8, 4) is 0 Å². The van der Waals surface area contributed by atoms with E-state index in [9.17, 15) is 0 Å². The van der Waals surface area contributed by atoms with Gasteiger partial charge in [0.05, 0.1) is 0 Å². The highest BCUT2D eigenvalue weighted by atomic mass is 15.1. The molecule has 1 aliphatic heterocycles. The standard InChI is InChI=1S/C13H22N2/c14-13-3-5-15(6-4-13)9-12-8-10-1-2-11(12)7-10/h1-2,10-13H,3-9,14H2/t10-,11-,12?/m0/s1. The molecule has 3 atom stereocenters. The lowest BCUT2D eigenvalue weighted by molar-refractivity contribution is 0.173. The van der Waals surface area contributed by atoms with E-state index >= 15 is 0 Å². The van der Waals surface area contributed by atoms with Crippen molar-refractivity contribution < 1.29 is 0 Å². The molecule has 1 heterocycles. The minimum Gasteiger partial charge on any atom is -0.328 e. The van der Waals surface area contributed by atoms with Crippen LogP contribution in [0.5, 0.6) is 0 Å². The van der Waals surface area contributed by atoms with Crippen molar-refractivity contribution in [3.05, 3.63) is 12.2 Å². The summed E-state index contributed by atoms with van der Waals surface area (Å²) >= 11 is 0. The van der Waals surface area contributed by atoms with Gasteiger partial charge in [-0.3, -0.25) is 0 Å². The molecular formula is C13H22N2. The van der Waals surface area contributed by atoms with E-state index in [1.165, 1.54) is 45.3 Å². The van der Waals surface area contributed by atoms with Gasteiger partial charge in [0.2, 0.25) is 0 Å². The van der Waals surface area contributed by atoms with Crippen LogP contribution in [0.3, 0.4) is 0 Å². The predicted molar refractivity (Wildman–Crippen MR) is 62.5 cm³/mol. The molecule has 2 N–H and O–H groups in total. The number of hydrogen-bond donors (Lipinski definition) is 1. The van der Waals surface area contributed by atoms with E-state index in [1.54, 1.807) is 0 Å². The van der Waals surface area contributed by atoms with Gasteiger partial charge >= 0.3 is 0 Å². The normalized spacial score (nSPS) is 41.5. The van der Waals surface area contributed by atoms with Crippen molar-refractivity contribution in [1.29, 1.82) is 0 Å². The van der Waals surface area contributed by atoms with E-state index in [2.05, 4.69) is 17.1 Å². The van der Waals surface area contributed by atoms with Crippen LogP contribution in [-0.2, 0) is 0 Å². The minimum atomic E-state index is 0.473. The number of fused-ring (bicyclic) bond motifs is 2. The Morgan fingerprint density at radius 3 is 2.53 bits per heavy atom. The molecule has 2 nitrogen and oxygen atoms in total. The third-order valence-corrected chi connectivity index (χ3v) is 4.54. The Kier molecular flexibility index (Phi) is 2.57. The maximum absolute atomic E-state index is 5.93. The highest BCUT2D eigenvalue weighted by Crippen LogP contribution is 2.43. The van der Waals surface area contributed by atoms with Crippen molar-refractivity contribution in [2.75, 3.05) is 19.6 Å². The first-order chi connectivity index (χ1) is 7.31. The predicted octanol–water partition coefficient (Wildman–Crippen LogP) is 1.62. The zero-order valence-electron chi connectivity index (χ0n) is 9.44. The fourth-order valence-electron chi connectivity index (χ4n) is 3.57. The van der Waals surface area contributed by atoms with Gasteiger partial charge in [0.25, 0.3) is 0 Å². The number of hydrogen-bond acceptors (Lipinski definition) is 2. The zero-order chi connectivity index (χ0) is 10.3. The molecule has 2 aliphatic carbocycles. The second-order valence-electron chi connectivity index (χ2n) is 5.68. The van der Waals surface area contributed by atoms with Gasteiger partial charge in [-0.1, -0.05) is 12.2 Å². The molecule has 0 aromatic heterocycles. The van der Waals surface area contributed by atoms with E-state index in [0.29, 0.717) is 6.04 Å². The first kappa shape index (κ1) is 9.86. The molecule has 0 aromatic rings. The van der Waals surface area contributed by atoms with Crippen LogP contribution >= 0.6 is 0 Å². The van der Waals surface area contributed by atoms with Gasteiger partial charge in [0.15, 0.2) is 0 Å². The number of allylic oxidation sites excluding steroid dienone is 2. The van der Waals surface area contributed by atoms with E-state index < -0.39 is 0 Å². The van der Waals surface area contributed by atoms with Gasteiger partial charge in [-0.15, -0.1) is 0 Å². The molecule has 0 amide bonds. The van der Waals surface area contributed by atoms with Gasteiger partial charge in [0, 0.05) is 12.6 Å². The highest BCUT2D eigenvalue weighted by molar-refractivity contribution is 5.10. The summed E-state index contributed by atoms with van der Waals surface area (Å²) in [5, 5.41) is 0. The Hall–Kier alpha value is -0.340. The SMILES string of the molecule is NC1CCN(CC2C[C@H]3C=C[C@H]2C3)CC1. The van der Waals surface area contributed by atoms with E-state index in [0.717, 1.165) is 17.8 Å². The van der Waals surface area contributed by atoms with Gasteiger partial charge in [-0.25, -0.2) is 0 Å². The van der Waals surface area contributed by atoms with Gasteiger partial charge in [-0.2, -0.15) is 0 Å². The van der Waals surface area contributed by atoms with Crippen LogP contribution < -0.4 is 5.73 Å². The topological polar surface area (TPSA) is 29.3 Å². The summed E-state index contributed by atoms with van der Waals surface area (Å²) in [4.78, 5) is 2.64.